The minimum atomic E-state index is 0.0752. The summed E-state index contributed by atoms with van der Waals surface area (Å²) in [5, 5.41) is 9.09. The maximum Gasteiger partial charge on any atom is 0.176 e. The van der Waals surface area contributed by atoms with Crippen LogP contribution in [0.1, 0.15) is 24.2 Å². The summed E-state index contributed by atoms with van der Waals surface area (Å²) in [6.07, 6.45) is 0. The van der Waals surface area contributed by atoms with Gasteiger partial charge in [-0.3, -0.25) is 9.69 Å². The van der Waals surface area contributed by atoms with E-state index >= 15 is 0 Å². The molecule has 1 rings (SSSR count). The van der Waals surface area contributed by atoms with E-state index in [1.54, 1.807) is 12.1 Å². The molecule has 0 spiro atoms. The molecule has 0 aliphatic rings. The monoisotopic (exact) mass is 207 g/mol. The molecule has 0 unspecified atom stereocenters. The largest absolute Gasteiger partial charge is 0.508 e. The van der Waals surface area contributed by atoms with Crippen molar-refractivity contribution < 1.29 is 9.90 Å². The van der Waals surface area contributed by atoms with Crippen molar-refractivity contribution >= 4 is 5.78 Å². The molecule has 0 heterocycles. The van der Waals surface area contributed by atoms with Gasteiger partial charge < -0.3 is 5.11 Å². The Bertz CT molecular complexity index is 330. The summed E-state index contributed by atoms with van der Waals surface area (Å²) in [6, 6.07) is 6.70. The molecule has 0 saturated carbocycles. The van der Waals surface area contributed by atoms with Crippen LogP contribution in [0.25, 0.3) is 0 Å². The highest BCUT2D eigenvalue weighted by Crippen LogP contribution is 2.10. The van der Waals surface area contributed by atoms with Gasteiger partial charge >= 0.3 is 0 Å². The molecule has 1 aromatic rings. The molecule has 0 radical (unpaired) electrons. The summed E-state index contributed by atoms with van der Waals surface area (Å²) < 4.78 is 0. The highest BCUT2D eigenvalue weighted by atomic mass is 16.3. The first-order chi connectivity index (χ1) is 7.00. The fourth-order valence-electron chi connectivity index (χ4n) is 1.15. The molecular weight excluding hydrogens is 190 g/mol. The van der Waals surface area contributed by atoms with E-state index in [-0.39, 0.29) is 11.5 Å². The van der Waals surface area contributed by atoms with E-state index in [2.05, 4.69) is 0 Å². The predicted molar refractivity (Wildman–Crippen MR) is 60.2 cm³/mol. The number of benzene rings is 1. The Morgan fingerprint density at radius 1 is 1.33 bits per heavy atom. The number of carbonyl (C=O) groups excluding carboxylic acids is 1. The van der Waals surface area contributed by atoms with Crippen LogP contribution in [0.3, 0.4) is 0 Å². The van der Waals surface area contributed by atoms with Gasteiger partial charge in [-0.15, -0.1) is 0 Å². The zero-order valence-electron chi connectivity index (χ0n) is 9.40. The van der Waals surface area contributed by atoms with Crippen molar-refractivity contribution in [1.29, 1.82) is 0 Å². The molecule has 0 bridgehead atoms. The third-order valence-electron chi connectivity index (χ3n) is 2.46. The van der Waals surface area contributed by atoms with Crippen molar-refractivity contribution in [3.63, 3.8) is 0 Å². The second kappa shape index (κ2) is 4.94. The number of carbonyl (C=O) groups is 1. The van der Waals surface area contributed by atoms with E-state index in [0.717, 1.165) is 0 Å². The van der Waals surface area contributed by atoms with Gasteiger partial charge in [-0.05, 0) is 45.2 Å². The van der Waals surface area contributed by atoms with Gasteiger partial charge in [-0.1, -0.05) is 0 Å². The fraction of sp³-hybridized carbons (Fsp3) is 0.417. The molecule has 1 N–H and O–H groups in total. The second-order valence-corrected chi connectivity index (χ2v) is 3.98. The highest BCUT2D eigenvalue weighted by molar-refractivity contribution is 5.97. The first kappa shape index (κ1) is 11.7. The average molecular weight is 207 g/mol. The van der Waals surface area contributed by atoms with Crippen LogP contribution in [-0.4, -0.2) is 35.4 Å². The molecule has 0 aromatic heterocycles. The van der Waals surface area contributed by atoms with Crippen molar-refractivity contribution in [2.75, 3.05) is 13.6 Å². The van der Waals surface area contributed by atoms with Crippen molar-refractivity contribution in [2.45, 2.75) is 19.9 Å². The van der Waals surface area contributed by atoms with E-state index in [0.29, 0.717) is 18.2 Å². The van der Waals surface area contributed by atoms with Crippen molar-refractivity contribution in [2.24, 2.45) is 0 Å². The van der Waals surface area contributed by atoms with E-state index in [4.69, 9.17) is 5.11 Å². The standard InChI is InChI=1S/C12H17NO2/c1-9(2)13(3)8-12(15)10-4-6-11(14)7-5-10/h4-7,9,14H,8H2,1-3H3. The molecule has 3 nitrogen and oxygen atoms in total. The number of ketones is 1. The number of rotatable bonds is 4. The zero-order valence-corrected chi connectivity index (χ0v) is 9.40. The van der Waals surface area contributed by atoms with Gasteiger partial charge in [0.05, 0.1) is 6.54 Å². The minimum absolute atomic E-state index is 0.0752. The maximum absolute atomic E-state index is 11.7. The van der Waals surface area contributed by atoms with Crippen LogP contribution in [0.15, 0.2) is 24.3 Å². The Labute approximate surface area is 90.3 Å². The lowest BCUT2D eigenvalue weighted by Crippen LogP contribution is -2.31. The van der Waals surface area contributed by atoms with E-state index in [9.17, 15) is 4.79 Å². The molecule has 82 valence electrons. The van der Waals surface area contributed by atoms with Gasteiger partial charge in [-0.25, -0.2) is 0 Å². The lowest BCUT2D eigenvalue weighted by Gasteiger charge is -2.19. The number of Topliss-reactive ketones (excluding diaryl/α,β-unsaturated/α-hetero) is 1. The number of hydrogen-bond acceptors (Lipinski definition) is 3. The Balaban J connectivity index is 2.65. The van der Waals surface area contributed by atoms with Crippen LogP contribution < -0.4 is 0 Å². The quantitative estimate of drug-likeness (QED) is 0.767. The van der Waals surface area contributed by atoms with Crippen LogP contribution >= 0.6 is 0 Å². The number of nitrogens with zero attached hydrogens (tertiary/aromatic N) is 1. The topological polar surface area (TPSA) is 40.5 Å². The average Bonchev–Trinajstić information content (AvgIpc) is 2.18. The molecular formula is C12H17NO2. The van der Waals surface area contributed by atoms with E-state index in [1.807, 2.05) is 25.8 Å². The molecule has 0 saturated heterocycles. The lowest BCUT2D eigenvalue weighted by atomic mass is 10.1. The first-order valence-electron chi connectivity index (χ1n) is 5.03. The van der Waals surface area contributed by atoms with Crippen molar-refractivity contribution in [3.8, 4) is 5.75 Å². The normalized spacial score (nSPS) is 11.0. The van der Waals surface area contributed by atoms with E-state index < -0.39 is 0 Å². The number of phenols is 1. The Kier molecular flexibility index (Phi) is 3.86. The highest BCUT2D eigenvalue weighted by Gasteiger charge is 2.11. The zero-order chi connectivity index (χ0) is 11.4. The summed E-state index contributed by atoms with van der Waals surface area (Å²) in [5.41, 5.74) is 0.639. The Morgan fingerprint density at radius 2 is 1.87 bits per heavy atom. The van der Waals surface area contributed by atoms with Gasteiger partial charge in [0, 0.05) is 11.6 Å². The second-order valence-electron chi connectivity index (χ2n) is 3.98. The van der Waals surface area contributed by atoms with Crippen LogP contribution in [0.5, 0.6) is 5.75 Å². The number of likely N-dealkylation sites (N-methyl/N-ethyl adjacent to an activating group) is 1. The molecule has 0 atom stereocenters. The van der Waals surface area contributed by atoms with Gasteiger partial charge in [0.2, 0.25) is 0 Å². The lowest BCUT2D eigenvalue weighted by molar-refractivity contribution is 0.0929. The summed E-state index contributed by atoms with van der Waals surface area (Å²) in [5.74, 6) is 0.259. The molecule has 0 aliphatic carbocycles. The summed E-state index contributed by atoms with van der Waals surface area (Å²) >= 11 is 0. The Morgan fingerprint density at radius 3 is 2.33 bits per heavy atom. The molecule has 0 aliphatic heterocycles. The SMILES string of the molecule is CC(C)N(C)CC(=O)c1ccc(O)cc1. The smallest absolute Gasteiger partial charge is 0.176 e. The molecule has 0 fully saturated rings. The third kappa shape index (κ3) is 3.36. The van der Waals surface area contributed by atoms with Crippen molar-refractivity contribution in [1.82, 2.24) is 4.90 Å². The summed E-state index contributed by atoms with van der Waals surface area (Å²) in [4.78, 5) is 13.7. The van der Waals surface area contributed by atoms with Gasteiger partial charge in [-0.2, -0.15) is 0 Å². The van der Waals surface area contributed by atoms with E-state index in [1.165, 1.54) is 12.1 Å². The van der Waals surface area contributed by atoms with Gasteiger partial charge in [0.15, 0.2) is 5.78 Å². The molecule has 0 amide bonds. The fourth-order valence-corrected chi connectivity index (χ4v) is 1.15. The van der Waals surface area contributed by atoms with Crippen LogP contribution in [-0.2, 0) is 0 Å². The number of phenolic OH excluding ortho intramolecular Hbond substituents is 1. The molecule has 1 aromatic carbocycles. The summed E-state index contributed by atoms with van der Waals surface area (Å²) in [6.45, 7) is 4.50. The first-order valence-corrected chi connectivity index (χ1v) is 5.03. The van der Waals surface area contributed by atoms with Gasteiger partial charge in [0.25, 0.3) is 0 Å². The van der Waals surface area contributed by atoms with Crippen LogP contribution in [0.2, 0.25) is 0 Å². The number of aromatic hydroxyl groups is 1. The Hall–Kier alpha value is -1.35. The number of hydrogen-bond donors (Lipinski definition) is 1. The minimum Gasteiger partial charge on any atom is -0.508 e. The predicted octanol–water partition coefficient (Wildman–Crippen LogP) is 1.92. The maximum atomic E-state index is 11.7. The van der Waals surface area contributed by atoms with Gasteiger partial charge in [0.1, 0.15) is 5.75 Å². The molecule has 3 heteroatoms. The van der Waals surface area contributed by atoms with Crippen molar-refractivity contribution in [3.05, 3.63) is 29.8 Å². The third-order valence-corrected chi connectivity index (χ3v) is 2.46. The van der Waals surface area contributed by atoms with Crippen LogP contribution in [0, 0.1) is 0 Å². The van der Waals surface area contributed by atoms with Crippen LogP contribution in [0.4, 0.5) is 0 Å². The summed E-state index contributed by atoms with van der Waals surface area (Å²) in [7, 11) is 1.92. The molecule has 15 heavy (non-hydrogen) atoms.